The number of aryl methyl sites for hydroxylation is 2. The van der Waals surface area contributed by atoms with Crippen LogP contribution in [-0.2, 0) is 7.05 Å². The first-order valence-electron chi connectivity index (χ1n) is 5.86. The smallest absolute Gasteiger partial charge is 0.161 e. The summed E-state index contributed by atoms with van der Waals surface area (Å²) in [4.78, 5) is 0. The second-order valence-electron chi connectivity index (χ2n) is 4.35. The molecule has 1 heterocycles. The number of nitrogens with zero attached hydrogens (tertiary/aromatic N) is 2. The average molecular weight is 325 g/mol. The number of hydrogen-bond acceptors (Lipinski definition) is 4. The Bertz CT molecular complexity index is 582. The maximum atomic E-state index is 5.74. The highest BCUT2D eigenvalue weighted by Crippen LogP contribution is 2.33. The molecule has 1 aromatic carbocycles. The standard InChI is InChI=1S/C13H17BrN4O/c1-8-4-5-10(14)9(6-8)12(17-15)13-11(19-3)7-16-18(13)2/h4-7,12,17H,15H2,1-3H3. The molecule has 0 aliphatic carbocycles. The first-order chi connectivity index (χ1) is 9.08. The van der Waals surface area contributed by atoms with Crippen LogP contribution in [0, 0.1) is 6.92 Å². The van der Waals surface area contributed by atoms with Gasteiger partial charge in [-0.25, -0.2) is 5.43 Å². The molecule has 0 saturated heterocycles. The Hall–Kier alpha value is -1.37. The number of halogens is 1. The van der Waals surface area contributed by atoms with Crippen molar-refractivity contribution in [1.29, 1.82) is 0 Å². The monoisotopic (exact) mass is 324 g/mol. The Morgan fingerprint density at radius 3 is 2.84 bits per heavy atom. The fourth-order valence-electron chi connectivity index (χ4n) is 2.11. The minimum Gasteiger partial charge on any atom is -0.493 e. The van der Waals surface area contributed by atoms with Crippen LogP contribution in [0.5, 0.6) is 5.75 Å². The summed E-state index contributed by atoms with van der Waals surface area (Å²) in [5.41, 5.74) is 5.93. The van der Waals surface area contributed by atoms with Gasteiger partial charge in [-0.15, -0.1) is 0 Å². The van der Waals surface area contributed by atoms with Crippen molar-refractivity contribution in [1.82, 2.24) is 15.2 Å². The van der Waals surface area contributed by atoms with E-state index in [1.165, 1.54) is 5.56 Å². The van der Waals surface area contributed by atoms with Gasteiger partial charge in [-0.2, -0.15) is 5.10 Å². The number of hydrogen-bond donors (Lipinski definition) is 2. The fraction of sp³-hybridized carbons (Fsp3) is 0.308. The molecule has 102 valence electrons. The minimum absolute atomic E-state index is 0.197. The Balaban J connectivity index is 2.56. The van der Waals surface area contributed by atoms with Gasteiger partial charge in [-0.3, -0.25) is 10.5 Å². The predicted octanol–water partition coefficient (Wildman–Crippen LogP) is 2.05. The first-order valence-corrected chi connectivity index (χ1v) is 6.65. The van der Waals surface area contributed by atoms with Crippen LogP contribution in [0.25, 0.3) is 0 Å². The molecule has 19 heavy (non-hydrogen) atoms. The Kier molecular flexibility index (Phi) is 4.24. The highest BCUT2D eigenvalue weighted by Gasteiger charge is 2.23. The summed E-state index contributed by atoms with van der Waals surface area (Å²) in [5, 5.41) is 4.21. The van der Waals surface area contributed by atoms with Crippen molar-refractivity contribution in [2.75, 3.05) is 7.11 Å². The second-order valence-corrected chi connectivity index (χ2v) is 5.20. The number of methoxy groups -OCH3 is 1. The molecule has 0 aliphatic heterocycles. The summed E-state index contributed by atoms with van der Waals surface area (Å²) in [7, 11) is 3.49. The molecule has 3 N–H and O–H groups in total. The Morgan fingerprint density at radius 2 is 2.21 bits per heavy atom. The molecule has 1 unspecified atom stereocenters. The number of rotatable bonds is 4. The van der Waals surface area contributed by atoms with Crippen molar-refractivity contribution < 1.29 is 4.74 Å². The van der Waals surface area contributed by atoms with Crippen molar-refractivity contribution >= 4 is 15.9 Å². The van der Waals surface area contributed by atoms with E-state index < -0.39 is 0 Å². The van der Waals surface area contributed by atoms with E-state index in [-0.39, 0.29) is 6.04 Å². The van der Waals surface area contributed by atoms with Crippen LogP contribution in [-0.4, -0.2) is 16.9 Å². The van der Waals surface area contributed by atoms with E-state index in [1.54, 1.807) is 18.0 Å². The topological polar surface area (TPSA) is 65.1 Å². The van der Waals surface area contributed by atoms with Gasteiger partial charge in [0.15, 0.2) is 5.75 Å². The fourth-order valence-corrected chi connectivity index (χ4v) is 2.59. The molecule has 0 bridgehead atoms. The number of nitrogens with one attached hydrogen (secondary N) is 1. The van der Waals surface area contributed by atoms with Crippen LogP contribution in [0.1, 0.15) is 22.9 Å². The molecule has 6 heteroatoms. The minimum atomic E-state index is -0.197. The lowest BCUT2D eigenvalue weighted by atomic mass is 10.0. The second kappa shape index (κ2) is 5.73. The molecule has 0 spiro atoms. The molecule has 1 atom stereocenters. The Morgan fingerprint density at radius 1 is 1.47 bits per heavy atom. The normalized spacial score (nSPS) is 12.5. The van der Waals surface area contributed by atoms with Gasteiger partial charge in [-0.05, 0) is 18.6 Å². The first kappa shape index (κ1) is 14.0. The number of aromatic nitrogens is 2. The van der Waals surface area contributed by atoms with Crippen LogP contribution < -0.4 is 16.0 Å². The van der Waals surface area contributed by atoms with E-state index in [9.17, 15) is 0 Å². The van der Waals surface area contributed by atoms with E-state index in [1.807, 2.05) is 26.1 Å². The third kappa shape index (κ3) is 2.65. The van der Waals surface area contributed by atoms with Gasteiger partial charge in [0.2, 0.25) is 0 Å². The molecular weight excluding hydrogens is 308 g/mol. The maximum absolute atomic E-state index is 5.74. The average Bonchev–Trinajstić information content (AvgIpc) is 2.76. The molecule has 2 aromatic rings. The van der Waals surface area contributed by atoms with Gasteiger partial charge >= 0.3 is 0 Å². The Labute approximate surface area is 120 Å². The lowest BCUT2D eigenvalue weighted by Gasteiger charge is -2.20. The summed E-state index contributed by atoms with van der Waals surface area (Å²) < 4.78 is 8.10. The summed E-state index contributed by atoms with van der Waals surface area (Å²) in [6.45, 7) is 2.05. The third-order valence-corrected chi connectivity index (χ3v) is 3.79. The zero-order valence-corrected chi connectivity index (χ0v) is 12.7. The van der Waals surface area contributed by atoms with Gasteiger partial charge in [0.05, 0.1) is 19.3 Å². The summed E-state index contributed by atoms with van der Waals surface area (Å²) in [6.07, 6.45) is 1.68. The molecule has 0 saturated carbocycles. The molecule has 1 aromatic heterocycles. The largest absolute Gasteiger partial charge is 0.493 e. The molecule has 0 fully saturated rings. The summed E-state index contributed by atoms with van der Waals surface area (Å²) >= 11 is 3.56. The van der Waals surface area contributed by atoms with E-state index in [4.69, 9.17) is 10.6 Å². The highest BCUT2D eigenvalue weighted by atomic mass is 79.9. The van der Waals surface area contributed by atoms with E-state index in [2.05, 4.69) is 32.5 Å². The van der Waals surface area contributed by atoms with Gasteiger partial charge in [0.25, 0.3) is 0 Å². The molecule has 2 rings (SSSR count). The van der Waals surface area contributed by atoms with Crippen LogP contribution >= 0.6 is 15.9 Å². The van der Waals surface area contributed by atoms with E-state index in [0.29, 0.717) is 5.75 Å². The lowest BCUT2D eigenvalue weighted by molar-refractivity contribution is 0.401. The van der Waals surface area contributed by atoms with Crippen molar-refractivity contribution in [3.8, 4) is 5.75 Å². The maximum Gasteiger partial charge on any atom is 0.161 e. The third-order valence-electron chi connectivity index (χ3n) is 3.07. The predicted molar refractivity (Wildman–Crippen MR) is 77.8 cm³/mol. The molecule has 0 aliphatic rings. The quantitative estimate of drug-likeness (QED) is 0.667. The zero-order valence-electron chi connectivity index (χ0n) is 11.1. The molecule has 0 radical (unpaired) electrons. The summed E-state index contributed by atoms with van der Waals surface area (Å²) in [5.74, 6) is 6.45. The van der Waals surface area contributed by atoms with Crippen molar-refractivity contribution in [3.05, 3.63) is 45.7 Å². The van der Waals surface area contributed by atoms with Crippen LogP contribution in [0.3, 0.4) is 0 Å². The number of hydrazine groups is 1. The van der Waals surface area contributed by atoms with Gasteiger partial charge in [0, 0.05) is 11.5 Å². The van der Waals surface area contributed by atoms with Crippen LogP contribution in [0.15, 0.2) is 28.9 Å². The molecule has 5 nitrogen and oxygen atoms in total. The van der Waals surface area contributed by atoms with E-state index >= 15 is 0 Å². The van der Waals surface area contributed by atoms with Crippen LogP contribution in [0.4, 0.5) is 0 Å². The molecule has 0 amide bonds. The van der Waals surface area contributed by atoms with Crippen molar-refractivity contribution in [2.24, 2.45) is 12.9 Å². The van der Waals surface area contributed by atoms with E-state index in [0.717, 1.165) is 15.7 Å². The number of nitrogens with two attached hydrogens (primary N) is 1. The SMILES string of the molecule is COc1cnn(C)c1C(NN)c1cc(C)ccc1Br. The lowest BCUT2D eigenvalue weighted by Crippen LogP contribution is -2.31. The van der Waals surface area contributed by atoms with Gasteiger partial charge in [0.1, 0.15) is 5.69 Å². The number of ether oxygens (including phenoxy) is 1. The van der Waals surface area contributed by atoms with Crippen LogP contribution in [0.2, 0.25) is 0 Å². The van der Waals surface area contributed by atoms with Gasteiger partial charge in [-0.1, -0.05) is 33.6 Å². The van der Waals surface area contributed by atoms with Crippen molar-refractivity contribution in [3.63, 3.8) is 0 Å². The van der Waals surface area contributed by atoms with Gasteiger partial charge < -0.3 is 4.74 Å². The van der Waals surface area contributed by atoms with Crippen molar-refractivity contribution in [2.45, 2.75) is 13.0 Å². The zero-order chi connectivity index (χ0) is 14.0. The number of benzene rings is 1. The highest BCUT2D eigenvalue weighted by molar-refractivity contribution is 9.10. The summed E-state index contributed by atoms with van der Waals surface area (Å²) in [6, 6.07) is 5.94. The molecular formula is C13H17BrN4O.